The molecule has 3 nitrogen and oxygen atoms in total. The van der Waals surface area contributed by atoms with Crippen molar-refractivity contribution in [2.24, 2.45) is 5.73 Å². The Hall–Kier alpha value is -1.09. The molecule has 2 N–H and O–H groups in total. The number of Topliss-reactive ketones (excluding diaryl/α,β-unsaturated/α-hetero) is 1. The van der Waals surface area contributed by atoms with E-state index in [-0.39, 0.29) is 5.78 Å². The van der Waals surface area contributed by atoms with Crippen molar-refractivity contribution < 1.29 is 9.21 Å². The van der Waals surface area contributed by atoms with E-state index < -0.39 is 5.54 Å². The summed E-state index contributed by atoms with van der Waals surface area (Å²) in [4.78, 5) is 11.9. The maximum Gasteiger partial charge on any atom is 0.157 e. The van der Waals surface area contributed by atoms with Crippen LogP contribution in [0.2, 0.25) is 0 Å². The third-order valence-corrected chi connectivity index (χ3v) is 3.00. The zero-order valence-electron chi connectivity index (χ0n) is 8.16. The molecule has 1 aromatic heterocycles. The second-order valence-corrected chi connectivity index (χ2v) is 4.09. The number of furan rings is 1. The van der Waals surface area contributed by atoms with Gasteiger partial charge in [0.05, 0.1) is 18.1 Å². The third kappa shape index (κ3) is 1.73. The zero-order valence-corrected chi connectivity index (χ0v) is 8.16. The normalized spacial score (nSPS) is 19.8. The Morgan fingerprint density at radius 1 is 1.50 bits per heavy atom. The van der Waals surface area contributed by atoms with Gasteiger partial charge in [-0.3, -0.25) is 4.79 Å². The van der Waals surface area contributed by atoms with Gasteiger partial charge in [0.25, 0.3) is 0 Å². The monoisotopic (exact) mass is 193 g/mol. The lowest BCUT2D eigenvalue weighted by Gasteiger charge is -2.21. The maximum absolute atomic E-state index is 11.9. The lowest BCUT2D eigenvalue weighted by molar-refractivity contribution is -0.123. The number of ketones is 1. The van der Waals surface area contributed by atoms with Gasteiger partial charge in [0.2, 0.25) is 0 Å². The molecule has 0 unspecified atom stereocenters. The lowest BCUT2D eigenvalue weighted by Crippen LogP contribution is -2.46. The van der Waals surface area contributed by atoms with E-state index in [1.165, 1.54) is 0 Å². The lowest BCUT2D eigenvalue weighted by atomic mass is 9.90. The van der Waals surface area contributed by atoms with Gasteiger partial charge in [0, 0.05) is 6.42 Å². The SMILES string of the molecule is NC1(C(=O)Cc2ccoc2)CCCC1. The van der Waals surface area contributed by atoms with E-state index in [0.29, 0.717) is 6.42 Å². The first-order valence-electron chi connectivity index (χ1n) is 5.04. The number of hydrogen-bond donors (Lipinski definition) is 1. The van der Waals surface area contributed by atoms with Gasteiger partial charge in [-0.15, -0.1) is 0 Å². The van der Waals surface area contributed by atoms with Crippen molar-refractivity contribution in [2.45, 2.75) is 37.6 Å². The second-order valence-electron chi connectivity index (χ2n) is 4.09. The summed E-state index contributed by atoms with van der Waals surface area (Å²) in [5.41, 5.74) is 6.40. The van der Waals surface area contributed by atoms with Crippen molar-refractivity contribution in [1.29, 1.82) is 0 Å². The highest BCUT2D eigenvalue weighted by Gasteiger charge is 2.36. The Labute approximate surface area is 83.3 Å². The van der Waals surface area contributed by atoms with Crippen LogP contribution in [-0.2, 0) is 11.2 Å². The summed E-state index contributed by atoms with van der Waals surface area (Å²) in [5.74, 6) is 0.149. The second kappa shape index (κ2) is 3.58. The molecule has 1 heterocycles. The quantitative estimate of drug-likeness (QED) is 0.794. The van der Waals surface area contributed by atoms with E-state index in [0.717, 1.165) is 31.2 Å². The predicted molar refractivity (Wildman–Crippen MR) is 52.8 cm³/mol. The molecule has 3 heteroatoms. The van der Waals surface area contributed by atoms with Crippen molar-refractivity contribution in [1.82, 2.24) is 0 Å². The van der Waals surface area contributed by atoms with Gasteiger partial charge in [-0.1, -0.05) is 12.8 Å². The first-order chi connectivity index (χ1) is 6.71. The number of carbonyl (C=O) groups excluding carboxylic acids is 1. The highest BCUT2D eigenvalue weighted by atomic mass is 16.3. The number of carbonyl (C=O) groups is 1. The average molecular weight is 193 g/mol. The van der Waals surface area contributed by atoms with E-state index >= 15 is 0 Å². The van der Waals surface area contributed by atoms with Gasteiger partial charge >= 0.3 is 0 Å². The van der Waals surface area contributed by atoms with E-state index in [1.807, 2.05) is 6.07 Å². The summed E-state index contributed by atoms with van der Waals surface area (Å²) < 4.78 is 4.92. The van der Waals surface area contributed by atoms with Crippen molar-refractivity contribution in [3.8, 4) is 0 Å². The van der Waals surface area contributed by atoms with Crippen molar-refractivity contribution >= 4 is 5.78 Å². The van der Waals surface area contributed by atoms with Gasteiger partial charge in [-0.05, 0) is 24.5 Å². The van der Waals surface area contributed by atoms with Crippen LogP contribution in [-0.4, -0.2) is 11.3 Å². The molecule has 0 saturated heterocycles. The minimum atomic E-state index is -0.558. The third-order valence-electron chi connectivity index (χ3n) is 3.00. The van der Waals surface area contributed by atoms with Crippen LogP contribution in [0, 0.1) is 0 Å². The van der Waals surface area contributed by atoms with Crippen molar-refractivity contribution in [3.63, 3.8) is 0 Å². The summed E-state index contributed by atoms with van der Waals surface area (Å²) in [6, 6.07) is 1.82. The highest BCUT2D eigenvalue weighted by molar-refractivity contribution is 5.90. The molecular weight excluding hydrogens is 178 g/mol. The number of nitrogens with two attached hydrogens (primary N) is 1. The fraction of sp³-hybridized carbons (Fsp3) is 0.545. The summed E-state index contributed by atoms with van der Waals surface area (Å²) in [7, 11) is 0. The van der Waals surface area contributed by atoms with Gasteiger partial charge in [-0.2, -0.15) is 0 Å². The molecule has 1 saturated carbocycles. The standard InChI is InChI=1S/C11H15NO2/c12-11(4-1-2-5-11)10(13)7-9-3-6-14-8-9/h3,6,8H,1-2,4-5,7,12H2. The van der Waals surface area contributed by atoms with Crippen LogP contribution in [0.4, 0.5) is 0 Å². The molecule has 0 radical (unpaired) electrons. The summed E-state index contributed by atoms with van der Waals surface area (Å²) in [6.45, 7) is 0. The number of hydrogen-bond acceptors (Lipinski definition) is 3. The molecular formula is C11H15NO2. The van der Waals surface area contributed by atoms with Gasteiger partial charge < -0.3 is 10.2 Å². The molecule has 14 heavy (non-hydrogen) atoms. The van der Waals surface area contributed by atoms with Gasteiger partial charge in [-0.25, -0.2) is 0 Å². The maximum atomic E-state index is 11.9. The van der Waals surface area contributed by atoms with E-state index in [1.54, 1.807) is 12.5 Å². The average Bonchev–Trinajstić information content (AvgIpc) is 2.76. The largest absolute Gasteiger partial charge is 0.472 e. The molecule has 0 spiro atoms. The molecule has 1 fully saturated rings. The van der Waals surface area contributed by atoms with Gasteiger partial charge in [0.15, 0.2) is 5.78 Å². The summed E-state index contributed by atoms with van der Waals surface area (Å²) in [6.07, 6.45) is 7.43. The van der Waals surface area contributed by atoms with Crippen LogP contribution in [0.1, 0.15) is 31.2 Å². The molecule has 0 aromatic carbocycles. The smallest absolute Gasteiger partial charge is 0.157 e. The Morgan fingerprint density at radius 3 is 2.79 bits per heavy atom. The fourth-order valence-corrected chi connectivity index (χ4v) is 2.04. The molecule has 0 amide bonds. The Morgan fingerprint density at radius 2 is 2.21 bits per heavy atom. The van der Waals surface area contributed by atoms with Crippen LogP contribution in [0.3, 0.4) is 0 Å². The fourth-order valence-electron chi connectivity index (χ4n) is 2.04. The highest BCUT2D eigenvalue weighted by Crippen LogP contribution is 2.28. The van der Waals surface area contributed by atoms with Crippen LogP contribution in [0.15, 0.2) is 23.0 Å². The molecule has 1 aliphatic carbocycles. The topological polar surface area (TPSA) is 56.2 Å². The molecule has 76 valence electrons. The van der Waals surface area contributed by atoms with E-state index in [4.69, 9.17) is 10.2 Å². The zero-order chi connectivity index (χ0) is 10.0. The van der Waals surface area contributed by atoms with Crippen LogP contribution in [0.25, 0.3) is 0 Å². The first kappa shape index (κ1) is 9.46. The minimum absolute atomic E-state index is 0.149. The molecule has 1 aromatic rings. The Balaban J connectivity index is 2.02. The summed E-state index contributed by atoms with van der Waals surface area (Å²) >= 11 is 0. The molecule has 0 aliphatic heterocycles. The van der Waals surface area contributed by atoms with Crippen molar-refractivity contribution in [2.75, 3.05) is 0 Å². The van der Waals surface area contributed by atoms with E-state index in [9.17, 15) is 4.79 Å². The van der Waals surface area contributed by atoms with Crippen LogP contribution >= 0.6 is 0 Å². The first-order valence-corrected chi connectivity index (χ1v) is 5.04. The Bertz CT molecular complexity index is 310. The minimum Gasteiger partial charge on any atom is -0.472 e. The summed E-state index contributed by atoms with van der Waals surface area (Å²) in [5, 5.41) is 0. The molecule has 0 bridgehead atoms. The number of rotatable bonds is 3. The molecule has 2 rings (SSSR count). The van der Waals surface area contributed by atoms with Crippen LogP contribution in [0.5, 0.6) is 0 Å². The molecule has 0 atom stereocenters. The van der Waals surface area contributed by atoms with Crippen molar-refractivity contribution in [3.05, 3.63) is 24.2 Å². The van der Waals surface area contributed by atoms with Gasteiger partial charge in [0.1, 0.15) is 0 Å². The van der Waals surface area contributed by atoms with Crippen LogP contribution < -0.4 is 5.73 Å². The van der Waals surface area contributed by atoms with E-state index in [2.05, 4.69) is 0 Å². The predicted octanol–water partition coefficient (Wildman–Crippen LogP) is 1.66. The molecule has 1 aliphatic rings. The Kier molecular flexibility index (Phi) is 2.42.